The molecular weight excluding hydrogens is 495 g/mol. The number of nitrogens with one attached hydrogen (secondary N) is 3. The third-order valence-electron chi connectivity index (χ3n) is 6.64. The number of rotatable bonds is 6. The smallest absolute Gasteiger partial charge is 0.416 e. The largest absolute Gasteiger partial charge is 0.490 e. The van der Waals surface area contributed by atoms with E-state index in [1.54, 1.807) is 36.5 Å². The van der Waals surface area contributed by atoms with Gasteiger partial charge in [-0.25, -0.2) is 4.98 Å². The molecule has 3 N–H and O–H groups in total. The Morgan fingerprint density at radius 1 is 1.08 bits per heavy atom. The molecule has 1 aliphatic rings. The number of carbonyl (C=O) groups is 1. The molecule has 1 saturated heterocycles. The van der Waals surface area contributed by atoms with Gasteiger partial charge in [0.25, 0.3) is 5.91 Å². The zero-order valence-corrected chi connectivity index (χ0v) is 21.0. The zero-order valence-electron chi connectivity index (χ0n) is 21.0. The number of hydrogen-bond acceptors (Lipinski definition) is 5. The third-order valence-corrected chi connectivity index (χ3v) is 6.64. The van der Waals surface area contributed by atoms with E-state index in [9.17, 15) is 18.0 Å². The summed E-state index contributed by atoms with van der Waals surface area (Å²) in [6, 6.07) is 12.5. The molecule has 0 saturated carbocycles. The topological polar surface area (TPSA) is 82.3 Å². The molecular formula is C28H28F3N5O2. The summed E-state index contributed by atoms with van der Waals surface area (Å²) in [4.78, 5) is 22.3. The number of halogens is 3. The van der Waals surface area contributed by atoms with E-state index in [1.165, 1.54) is 6.20 Å². The van der Waals surface area contributed by atoms with Gasteiger partial charge in [0.1, 0.15) is 17.5 Å². The maximum absolute atomic E-state index is 13.7. The van der Waals surface area contributed by atoms with Crippen LogP contribution < -0.4 is 15.4 Å². The van der Waals surface area contributed by atoms with E-state index in [0.717, 1.165) is 49.0 Å². The van der Waals surface area contributed by atoms with Crippen molar-refractivity contribution in [1.82, 2.24) is 14.9 Å². The molecule has 2 aromatic heterocycles. The molecule has 198 valence electrons. The van der Waals surface area contributed by atoms with E-state index < -0.39 is 11.7 Å². The SMILES string of the molecule is Cc1ccc(Nc2cc(OC3CCN(C)CC3)cc(C(F)(F)F)c2)cc1NC(=O)c1cnc2[nH]ccc2c1. The standard InChI is InChI=1S/C28H28F3N5O2/c1-17-3-4-21(15-25(17)35-27(37)19-11-18-5-8-32-26(18)33-16-19)34-22-12-20(28(29,30)31)13-24(14-22)38-23-6-9-36(2)10-7-23/h3-5,8,11-16,23,34H,6-7,9-10H2,1-2H3,(H,32,33)(H,35,37). The molecule has 0 radical (unpaired) electrons. The molecule has 38 heavy (non-hydrogen) atoms. The Kier molecular flexibility index (Phi) is 6.98. The Morgan fingerprint density at radius 3 is 2.63 bits per heavy atom. The van der Waals surface area contributed by atoms with Crippen molar-refractivity contribution in [3.63, 3.8) is 0 Å². The lowest BCUT2D eigenvalue weighted by atomic mass is 10.1. The van der Waals surface area contributed by atoms with Gasteiger partial charge in [0.2, 0.25) is 0 Å². The maximum atomic E-state index is 13.7. The van der Waals surface area contributed by atoms with Crippen molar-refractivity contribution in [2.75, 3.05) is 30.8 Å². The molecule has 1 fully saturated rings. The molecule has 1 amide bonds. The summed E-state index contributed by atoms with van der Waals surface area (Å²) in [7, 11) is 2.01. The Morgan fingerprint density at radius 2 is 1.87 bits per heavy atom. The van der Waals surface area contributed by atoms with Crippen molar-refractivity contribution in [2.24, 2.45) is 0 Å². The van der Waals surface area contributed by atoms with E-state index in [2.05, 4.69) is 25.5 Å². The van der Waals surface area contributed by atoms with E-state index >= 15 is 0 Å². The van der Waals surface area contributed by atoms with Crippen molar-refractivity contribution in [1.29, 1.82) is 0 Å². The molecule has 3 heterocycles. The number of aromatic nitrogens is 2. The van der Waals surface area contributed by atoms with Gasteiger partial charge >= 0.3 is 6.18 Å². The molecule has 0 spiro atoms. The highest BCUT2D eigenvalue weighted by atomic mass is 19.4. The summed E-state index contributed by atoms with van der Waals surface area (Å²) in [6.07, 6.45) is 0.0793. The maximum Gasteiger partial charge on any atom is 0.416 e. The van der Waals surface area contributed by atoms with Gasteiger partial charge in [-0.3, -0.25) is 4.79 Å². The molecule has 0 aliphatic carbocycles. The quantitative estimate of drug-likeness (QED) is 0.274. The predicted octanol–water partition coefficient (Wildman–Crippen LogP) is 6.36. The number of anilines is 3. The van der Waals surface area contributed by atoms with Crippen LogP contribution in [0.3, 0.4) is 0 Å². The summed E-state index contributed by atoms with van der Waals surface area (Å²) in [5, 5.41) is 6.74. The minimum Gasteiger partial charge on any atom is -0.490 e. The number of pyridine rings is 1. The van der Waals surface area contributed by atoms with Crippen molar-refractivity contribution >= 4 is 34.0 Å². The molecule has 4 aromatic rings. The van der Waals surface area contributed by atoms with Crippen LogP contribution in [-0.2, 0) is 6.18 Å². The van der Waals surface area contributed by atoms with Crippen LogP contribution in [-0.4, -0.2) is 47.0 Å². The number of nitrogens with zero attached hydrogens (tertiary/aromatic N) is 2. The third kappa shape index (κ3) is 5.91. The first-order chi connectivity index (χ1) is 18.1. The molecule has 5 rings (SSSR count). The van der Waals surface area contributed by atoms with Crippen molar-refractivity contribution in [3.8, 4) is 5.75 Å². The van der Waals surface area contributed by atoms with Crippen LogP contribution in [0.1, 0.15) is 34.3 Å². The second-order valence-electron chi connectivity index (χ2n) is 9.61. The van der Waals surface area contributed by atoms with Crippen LogP contribution in [0, 0.1) is 6.92 Å². The van der Waals surface area contributed by atoms with Gasteiger partial charge in [0.05, 0.1) is 11.1 Å². The van der Waals surface area contributed by atoms with Gasteiger partial charge in [-0.15, -0.1) is 0 Å². The molecule has 0 bridgehead atoms. The monoisotopic (exact) mass is 523 g/mol. The van der Waals surface area contributed by atoms with Crippen LogP contribution in [0.25, 0.3) is 11.0 Å². The highest BCUT2D eigenvalue weighted by molar-refractivity contribution is 6.06. The minimum atomic E-state index is -4.52. The lowest BCUT2D eigenvalue weighted by molar-refractivity contribution is -0.137. The van der Waals surface area contributed by atoms with Crippen molar-refractivity contribution in [2.45, 2.75) is 32.0 Å². The lowest BCUT2D eigenvalue weighted by Gasteiger charge is -2.29. The number of piperidine rings is 1. The Bertz CT molecular complexity index is 1460. The summed E-state index contributed by atoms with van der Waals surface area (Å²) in [5.41, 5.74) is 2.38. The minimum absolute atomic E-state index is 0.135. The fourth-order valence-corrected chi connectivity index (χ4v) is 4.46. The van der Waals surface area contributed by atoms with E-state index in [4.69, 9.17) is 4.74 Å². The van der Waals surface area contributed by atoms with Gasteiger partial charge in [-0.2, -0.15) is 13.2 Å². The molecule has 0 unspecified atom stereocenters. The van der Waals surface area contributed by atoms with E-state index in [-0.39, 0.29) is 23.4 Å². The predicted molar refractivity (Wildman–Crippen MR) is 141 cm³/mol. The Hall–Kier alpha value is -4.05. The van der Waals surface area contributed by atoms with Crippen molar-refractivity contribution in [3.05, 3.63) is 77.6 Å². The number of H-pyrrole nitrogens is 1. The number of alkyl halides is 3. The number of carbonyl (C=O) groups excluding carboxylic acids is 1. The molecule has 0 atom stereocenters. The molecule has 1 aliphatic heterocycles. The number of likely N-dealkylation sites (tertiary alicyclic amines) is 1. The second kappa shape index (κ2) is 10.4. The van der Waals surface area contributed by atoms with Gasteiger partial charge in [0.15, 0.2) is 0 Å². The average molecular weight is 524 g/mol. The molecule has 2 aromatic carbocycles. The molecule has 10 heteroatoms. The summed E-state index contributed by atoms with van der Waals surface area (Å²) < 4.78 is 47.0. The van der Waals surface area contributed by atoms with Crippen LogP contribution in [0.4, 0.5) is 30.2 Å². The number of ether oxygens (including phenoxy) is 1. The number of fused-ring (bicyclic) bond motifs is 1. The first-order valence-corrected chi connectivity index (χ1v) is 12.3. The first kappa shape index (κ1) is 25.6. The second-order valence-corrected chi connectivity index (χ2v) is 9.61. The average Bonchev–Trinajstić information content (AvgIpc) is 3.35. The lowest BCUT2D eigenvalue weighted by Crippen LogP contribution is -2.35. The highest BCUT2D eigenvalue weighted by Crippen LogP contribution is 2.36. The van der Waals surface area contributed by atoms with Crippen molar-refractivity contribution < 1.29 is 22.7 Å². The summed E-state index contributed by atoms with van der Waals surface area (Å²) in [5.74, 6) is -0.168. The normalized spacial score (nSPS) is 15.0. The van der Waals surface area contributed by atoms with E-state index in [1.807, 2.05) is 20.0 Å². The Balaban J connectivity index is 1.36. The van der Waals surface area contributed by atoms with E-state index in [0.29, 0.717) is 22.6 Å². The van der Waals surface area contributed by atoms with Gasteiger partial charge in [-0.05, 0) is 68.8 Å². The molecule has 7 nitrogen and oxygen atoms in total. The first-order valence-electron chi connectivity index (χ1n) is 12.3. The van der Waals surface area contributed by atoms with Crippen LogP contribution in [0.2, 0.25) is 0 Å². The number of hydrogen-bond donors (Lipinski definition) is 3. The number of aromatic amines is 1. The number of amides is 1. The fourth-order valence-electron chi connectivity index (χ4n) is 4.46. The van der Waals surface area contributed by atoms with Gasteiger partial charge in [-0.1, -0.05) is 6.07 Å². The Labute approximate surface area is 218 Å². The summed E-state index contributed by atoms with van der Waals surface area (Å²) >= 11 is 0. The zero-order chi connectivity index (χ0) is 26.9. The number of aryl methyl sites for hydroxylation is 1. The highest BCUT2D eigenvalue weighted by Gasteiger charge is 2.32. The van der Waals surface area contributed by atoms with Gasteiger partial charge < -0.3 is 25.3 Å². The van der Waals surface area contributed by atoms with Crippen LogP contribution in [0.15, 0.2) is 60.9 Å². The van der Waals surface area contributed by atoms with Gasteiger partial charge in [0, 0.05) is 54.0 Å². The van der Waals surface area contributed by atoms with Crippen LogP contribution >= 0.6 is 0 Å². The fraction of sp³-hybridized carbons (Fsp3) is 0.286. The number of benzene rings is 2. The van der Waals surface area contributed by atoms with Crippen LogP contribution in [0.5, 0.6) is 5.75 Å². The summed E-state index contributed by atoms with van der Waals surface area (Å²) in [6.45, 7) is 3.51.